The molecule has 0 aromatic carbocycles. The first kappa shape index (κ1) is 13.8. The fourth-order valence-corrected chi connectivity index (χ4v) is 4.14. The molecule has 2 aliphatic carbocycles. The molecule has 1 saturated heterocycles. The van der Waals surface area contributed by atoms with Crippen molar-refractivity contribution in [1.82, 2.24) is 5.32 Å². The third kappa shape index (κ3) is 2.45. The van der Waals surface area contributed by atoms with Gasteiger partial charge in [-0.2, -0.15) is 0 Å². The van der Waals surface area contributed by atoms with Crippen LogP contribution in [-0.4, -0.2) is 38.5 Å². The van der Waals surface area contributed by atoms with Gasteiger partial charge in [0.05, 0.1) is 6.10 Å². The van der Waals surface area contributed by atoms with E-state index >= 15 is 0 Å². The molecular weight excluding hydrogens is 238 g/mol. The highest BCUT2D eigenvalue weighted by atomic mass is 16.5. The Labute approximate surface area is 117 Å². The quantitative estimate of drug-likeness (QED) is 0.831. The fraction of sp³-hybridized carbons (Fsp3) is 1.00. The monoisotopic (exact) mass is 267 g/mol. The van der Waals surface area contributed by atoms with Crippen molar-refractivity contribution in [3.8, 4) is 0 Å². The molecule has 110 valence electrons. The molecule has 3 fully saturated rings. The van der Waals surface area contributed by atoms with Crippen LogP contribution in [0.2, 0.25) is 0 Å². The minimum Gasteiger partial charge on any atom is -0.381 e. The molecular formula is C16H29NO2. The second-order valence-electron chi connectivity index (χ2n) is 7.12. The van der Waals surface area contributed by atoms with E-state index in [1.54, 1.807) is 0 Å². The van der Waals surface area contributed by atoms with Crippen LogP contribution >= 0.6 is 0 Å². The van der Waals surface area contributed by atoms with Crippen molar-refractivity contribution in [2.24, 2.45) is 10.8 Å². The average molecular weight is 267 g/mol. The normalized spacial score (nSPS) is 35.7. The minimum atomic E-state index is 0.444. The summed E-state index contributed by atoms with van der Waals surface area (Å²) in [6, 6.07) is 0.706. The predicted molar refractivity (Wildman–Crippen MR) is 76.3 cm³/mol. The van der Waals surface area contributed by atoms with Gasteiger partial charge in [0.25, 0.3) is 0 Å². The Balaban J connectivity index is 1.51. The maximum absolute atomic E-state index is 5.92. The van der Waals surface area contributed by atoms with E-state index in [0.717, 1.165) is 26.4 Å². The van der Waals surface area contributed by atoms with E-state index in [4.69, 9.17) is 9.47 Å². The van der Waals surface area contributed by atoms with Gasteiger partial charge in [0.1, 0.15) is 0 Å². The summed E-state index contributed by atoms with van der Waals surface area (Å²) in [4.78, 5) is 0. The molecule has 1 heterocycles. The Hall–Kier alpha value is -0.120. The zero-order valence-electron chi connectivity index (χ0n) is 12.5. The van der Waals surface area contributed by atoms with Gasteiger partial charge < -0.3 is 14.8 Å². The highest BCUT2D eigenvalue weighted by Gasteiger charge is 2.58. The van der Waals surface area contributed by atoms with E-state index in [2.05, 4.69) is 19.2 Å². The maximum atomic E-state index is 5.92. The third-order valence-corrected chi connectivity index (χ3v) is 5.91. The number of hydrogen-bond acceptors (Lipinski definition) is 3. The van der Waals surface area contributed by atoms with E-state index in [-0.39, 0.29) is 0 Å². The summed E-state index contributed by atoms with van der Waals surface area (Å²) in [6.07, 6.45) is 8.30. The number of rotatable bonds is 5. The minimum absolute atomic E-state index is 0.444. The van der Waals surface area contributed by atoms with Gasteiger partial charge in [0, 0.05) is 37.8 Å². The molecule has 0 aromatic heterocycles. The van der Waals surface area contributed by atoms with Gasteiger partial charge in [-0.25, -0.2) is 0 Å². The second-order valence-corrected chi connectivity index (χ2v) is 7.12. The lowest BCUT2D eigenvalue weighted by molar-refractivity contribution is -0.174. The summed E-state index contributed by atoms with van der Waals surface area (Å²) in [5.74, 6) is 0. The predicted octanol–water partition coefficient (Wildman–Crippen LogP) is 2.74. The highest BCUT2D eigenvalue weighted by molar-refractivity contribution is 5.12. The lowest BCUT2D eigenvalue weighted by Crippen LogP contribution is -2.67. The molecule has 1 aliphatic heterocycles. The number of ether oxygens (including phenoxy) is 2. The molecule has 0 aromatic rings. The molecule has 0 bridgehead atoms. The van der Waals surface area contributed by atoms with Crippen molar-refractivity contribution in [1.29, 1.82) is 0 Å². The van der Waals surface area contributed by atoms with Crippen LogP contribution < -0.4 is 5.32 Å². The van der Waals surface area contributed by atoms with Gasteiger partial charge in [-0.15, -0.1) is 0 Å². The topological polar surface area (TPSA) is 30.5 Å². The van der Waals surface area contributed by atoms with Crippen molar-refractivity contribution in [2.75, 3.05) is 26.4 Å². The Morgan fingerprint density at radius 2 is 1.95 bits per heavy atom. The van der Waals surface area contributed by atoms with Crippen LogP contribution in [0.15, 0.2) is 0 Å². The molecule has 3 rings (SSSR count). The van der Waals surface area contributed by atoms with Crippen LogP contribution in [0.25, 0.3) is 0 Å². The first-order valence-electron chi connectivity index (χ1n) is 8.11. The van der Waals surface area contributed by atoms with Crippen LogP contribution in [0.5, 0.6) is 0 Å². The summed E-state index contributed by atoms with van der Waals surface area (Å²) >= 11 is 0. The van der Waals surface area contributed by atoms with E-state index < -0.39 is 0 Å². The maximum Gasteiger partial charge on any atom is 0.0661 e. The molecule has 0 radical (unpaired) electrons. The van der Waals surface area contributed by atoms with Gasteiger partial charge in [-0.3, -0.25) is 0 Å². The molecule has 2 saturated carbocycles. The SMILES string of the molecule is CCOC1CC(NCC2(C)CCOCC2)C12CCC2. The molecule has 0 amide bonds. The smallest absolute Gasteiger partial charge is 0.0661 e. The van der Waals surface area contributed by atoms with Crippen molar-refractivity contribution in [2.45, 2.75) is 64.5 Å². The molecule has 1 spiro atoms. The molecule has 3 heteroatoms. The van der Waals surface area contributed by atoms with Crippen LogP contribution in [0, 0.1) is 10.8 Å². The first-order valence-corrected chi connectivity index (χ1v) is 8.11. The Kier molecular flexibility index (Phi) is 3.89. The van der Waals surface area contributed by atoms with Crippen LogP contribution in [0.4, 0.5) is 0 Å². The van der Waals surface area contributed by atoms with Crippen LogP contribution in [0.3, 0.4) is 0 Å². The number of hydrogen-bond donors (Lipinski definition) is 1. The summed E-state index contributed by atoms with van der Waals surface area (Å²) in [7, 11) is 0. The van der Waals surface area contributed by atoms with E-state index in [9.17, 15) is 0 Å². The second kappa shape index (κ2) is 5.34. The summed E-state index contributed by atoms with van der Waals surface area (Å²) < 4.78 is 11.4. The van der Waals surface area contributed by atoms with Gasteiger partial charge in [-0.1, -0.05) is 13.3 Å². The molecule has 3 aliphatic rings. The zero-order chi connectivity index (χ0) is 13.3. The fourth-order valence-electron chi connectivity index (χ4n) is 4.14. The Morgan fingerprint density at radius 3 is 2.53 bits per heavy atom. The van der Waals surface area contributed by atoms with E-state index in [0.29, 0.717) is 23.0 Å². The zero-order valence-corrected chi connectivity index (χ0v) is 12.5. The van der Waals surface area contributed by atoms with E-state index in [1.165, 1.54) is 38.5 Å². The summed E-state index contributed by atoms with van der Waals surface area (Å²) in [6.45, 7) is 8.44. The molecule has 1 N–H and O–H groups in total. The lowest BCUT2D eigenvalue weighted by atomic mass is 9.51. The standard InChI is InChI=1S/C16H29NO2/c1-3-19-14-11-13(16(14)5-4-6-16)17-12-15(2)7-9-18-10-8-15/h13-14,17H,3-12H2,1-2H3. The van der Waals surface area contributed by atoms with Gasteiger partial charge in [-0.05, 0) is 44.4 Å². The summed E-state index contributed by atoms with van der Waals surface area (Å²) in [5, 5.41) is 3.87. The Bertz CT molecular complexity index is 308. The number of nitrogens with one attached hydrogen (secondary N) is 1. The largest absolute Gasteiger partial charge is 0.381 e. The Morgan fingerprint density at radius 1 is 1.21 bits per heavy atom. The highest BCUT2D eigenvalue weighted by Crippen LogP contribution is 2.57. The molecule has 19 heavy (non-hydrogen) atoms. The van der Waals surface area contributed by atoms with E-state index in [1.807, 2.05) is 0 Å². The van der Waals surface area contributed by atoms with Crippen molar-refractivity contribution in [3.05, 3.63) is 0 Å². The van der Waals surface area contributed by atoms with Crippen molar-refractivity contribution >= 4 is 0 Å². The first-order chi connectivity index (χ1) is 9.19. The average Bonchev–Trinajstić information content (AvgIpc) is 2.31. The van der Waals surface area contributed by atoms with Crippen molar-refractivity contribution in [3.63, 3.8) is 0 Å². The molecule has 2 unspecified atom stereocenters. The van der Waals surface area contributed by atoms with Crippen LogP contribution in [0.1, 0.15) is 52.4 Å². The van der Waals surface area contributed by atoms with Gasteiger partial charge in [0.2, 0.25) is 0 Å². The lowest BCUT2D eigenvalue weighted by Gasteiger charge is -2.61. The van der Waals surface area contributed by atoms with Crippen molar-refractivity contribution < 1.29 is 9.47 Å². The third-order valence-electron chi connectivity index (χ3n) is 5.91. The molecule has 2 atom stereocenters. The van der Waals surface area contributed by atoms with Gasteiger partial charge in [0.15, 0.2) is 0 Å². The summed E-state index contributed by atoms with van der Waals surface area (Å²) in [5.41, 5.74) is 0.942. The molecule has 3 nitrogen and oxygen atoms in total. The van der Waals surface area contributed by atoms with Crippen LogP contribution in [-0.2, 0) is 9.47 Å². The van der Waals surface area contributed by atoms with Gasteiger partial charge >= 0.3 is 0 Å².